The first-order chi connectivity index (χ1) is 11.2. The Labute approximate surface area is 136 Å². The highest BCUT2D eigenvalue weighted by Gasteiger charge is 2.28. The third-order valence-corrected chi connectivity index (χ3v) is 4.14. The van der Waals surface area contributed by atoms with Gasteiger partial charge in [0.05, 0.1) is 11.7 Å². The third kappa shape index (κ3) is 4.07. The average molecular weight is 311 g/mol. The minimum absolute atomic E-state index is 0.00585. The van der Waals surface area contributed by atoms with Gasteiger partial charge in [0, 0.05) is 18.4 Å². The van der Waals surface area contributed by atoms with Crippen molar-refractivity contribution >= 4 is 11.6 Å². The van der Waals surface area contributed by atoms with Crippen molar-refractivity contribution < 1.29 is 9.90 Å². The first kappa shape index (κ1) is 15.5. The molecule has 3 rings (SSSR count). The second-order valence-electron chi connectivity index (χ2n) is 5.84. The summed E-state index contributed by atoms with van der Waals surface area (Å²) >= 11 is 0. The Morgan fingerprint density at radius 1 is 1.22 bits per heavy atom. The number of rotatable bonds is 4. The van der Waals surface area contributed by atoms with Gasteiger partial charge < -0.3 is 10.4 Å². The molecular weight excluding hydrogens is 290 g/mol. The molecule has 1 aliphatic heterocycles. The summed E-state index contributed by atoms with van der Waals surface area (Å²) in [6.45, 7) is 1.60. The molecule has 120 valence electrons. The van der Waals surface area contributed by atoms with Crippen LogP contribution in [0.5, 0.6) is 5.75 Å². The summed E-state index contributed by atoms with van der Waals surface area (Å²) < 4.78 is 0. The van der Waals surface area contributed by atoms with E-state index in [1.807, 2.05) is 18.2 Å². The van der Waals surface area contributed by atoms with Crippen LogP contribution >= 0.6 is 0 Å². The molecule has 1 fully saturated rings. The molecular formula is C18H21N3O2. The van der Waals surface area contributed by atoms with Gasteiger partial charge >= 0.3 is 0 Å². The van der Waals surface area contributed by atoms with Crippen molar-refractivity contribution in [3.63, 3.8) is 0 Å². The van der Waals surface area contributed by atoms with Crippen molar-refractivity contribution in [2.24, 2.45) is 0 Å². The van der Waals surface area contributed by atoms with Crippen LogP contribution in [0.25, 0.3) is 0 Å². The Morgan fingerprint density at radius 2 is 2.04 bits per heavy atom. The number of likely N-dealkylation sites (tertiary alicyclic amines) is 1. The summed E-state index contributed by atoms with van der Waals surface area (Å²) in [5.41, 5.74) is 1.69. The van der Waals surface area contributed by atoms with Crippen LogP contribution in [0.1, 0.15) is 25.0 Å². The highest BCUT2D eigenvalue weighted by atomic mass is 16.3. The molecule has 1 amide bonds. The van der Waals surface area contributed by atoms with Crippen molar-refractivity contribution in [2.75, 3.05) is 11.9 Å². The number of aromatic nitrogens is 1. The second-order valence-corrected chi connectivity index (χ2v) is 5.84. The monoisotopic (exact) mass is 311 g/mol. The predicted molar refractivity (Wildman–Crippen MR) is 89.0 cm³/mol. The first-order valence-electron chi connectivity index (χ1n) is 7.96. The van der Waals surface area contributed by atoms with E-state index in [-0.39, 0.29) is 17.7 Å². The van der Waals surface area contributed by atoms with E-state index >= 15 is 0 Å². The summed E-state index contributed by atoms with van der Waals surface area (Å²) in [6, 6.07) is 12.3. The van der Waals surface area contributed by atoms with Gasteiger partial charge in [-0.25, -0.2) is 0 Å². The quantitative estimate of drug-likeness (QED) is 0.852. The number of phenolic OH excluding ortho intramolecular Hbond substituents is 1. The molecule has 23 heavy (non-hydrogen) atoms. The largest absolute Gasteiger partial charge is 0.508 e. The molecule has 2 heterocycles. The van der Waals surface area contributed by atoms with Crippen molar-refractivity contribution in [1.29, 1.82) is 0 Å². The Balaban J connectivity index is 1.67. The Morgan fingerprint density at radius 3 is 2.78 bits per heavy atom. The molecule has 1 saturated heterocycles. The maximum absolute atomic E-state index is 12.6. The highest BCUT2D eigenvalue weighted by molar-refractivity contribution is 5.94. The number of carbonyl (C=O) groups is 1. The van der Waals surface area contributed by atoms with Gasteiger partial charge in [0.2, 0.25) is 5.91 Å². The summed E-state index contributed by atoms with van der Waals surface area (Å²) in [5.74, 6) is 0.198. The summed E-state index contributed by atoms with van der Waals surface area (Å²) in [7, 11) is 0. The number of hydrogen-bond donors (Lipinski definition) is 2. The maximum Gasteiger partial charge on any atom is 0.241 e. The number of benzene rings is 1. The summed E-state index contributed by atoms with van der Waals surface area (Å²) in [5, 5.41) is 12.3. The topological polar surface area (TPSA) is 65.5 Å². The molecule has 5 heteroatoms. The van der Waals surface area contributed by atoms with Gasteiger partial charge in [-0.1, -0.05) is 12.5 Å². The van der Waals surface area contributed by atoms with E-state index in [9.17, 15) is 9.90 Å². The van der Waals surface area contributed by atoms with Crippen LogP contribution in [0.4, 0.5) is 5.69 Å². The van der Waals surface area contributed by atoms with E-state index < -0.39 is 0 Å². The van der Waals surface area contributed by atoms with E-state index in [1.165, 1.54) is 0 Å². The normalized spacial score (nSPS) is 18.5. The zero-order chi connectivity index (χ0) is 16.1. The van der Waals surface area contributed by atoms with Gasteiger partial charge in [0.15, 0.2) is 0 Å². The fourth-order valence-electron chi connectivity index (χ4n) is 2.95. The molecule has 1 atom stereocenters. The number of amides is 1. The lowest BCUT2D eigenvalue weighted by Crippen LogP contribution is -2.46. The number of pyridine rings is 1. The molecule has 1 aliphatic rings. The van der Waals surface area contributed by atoms with Gasteiger partial charge in [0.25, 0.3) is 0 Å². The number of anilines is 1. The molecule has 5 nitrogen and oxygen atoms in total. The van der Waals surface area contributed by atoms with Crippen LogP contribution in [0.15, 0.2) is 48.7 Å². The Bertz CT molecular complexity index is 643. The van der Waals surface area contributed by atoms with Crippen molar-refractivity contribution in [2.45, 2.75) is 31.8 Å². The zero-order valence-electron chi connectivity index (χ0n) is 13.0. The Hall–Kier alpha value is -2.40. The number of nitrogens with zero attached hydrogens (tertiary/aromatic N) is 2. The van der Waals surface area contributed by atoms with E-state index in [1.54, 1.807) is 30.5 Å². The second kappa shape index (κ2) is 7.24. The van der Waals surface area contributed by atoms with Gasteiger partial charge in [-0.05, 0) is 55.8 Å². The SMILES string of the molecule is O=C(Nc1ccc(O)cc1)C1CCCCN1Cc1ccccn1. The third-order valence-electron chi connectivity index (χ3n) is 4.14. The van der Waals surface area contributed by atoms with Crippen LogP contribution in [-0.2, 0) is 11.3 Å². The lowest BCUT2D eigenvalue weighted by molar-refractivity contribution is -0.122. The lowest BCUT2D eigenvalue weighted by atomic mass is 10.0. The van der Waals surface area contributed by atoms with Crippen LogP contribution in [0.3, 0.4) is 0 Å². The van der Waals surface area contributed by atoms with E-state index in [0.717, 1.165) is 31.5 Å². The fraction of sp³-hybridized carbons (Fsp3) is 0.333. The first-order valence-corrected chi connectivity index (χ1v) is 7.96. The molecule has 0 aliphatic carbocycles. The van der Waals surface area contributed by atoms with Crippen molar-refractivity contribution in [1.82, 2.24) is 9.88 Å². The maximum atomic E-state index is 12.6. The van der Waals surface area contributed by atoms with Crippen LogP contribution < -0.4 is 5.32 Å². The number of nitrogens with one attached hydrogen (secondary N) is 1. The predicted octanol–water partition coefficient (Wildman–Crippen LogP) is 2.78. The van der Waals surface area contributed by atoms with Crippen LogP contribution in [0, 0.1) is 0 Å². The van der Waals surface area contributed by atoms with Crippen molar-refractivity contribution in [3.05, 3.63) is 54.4 Å². The summed E-state index contributed by atoms with van der Waals surface area (Å²) in [6.07, 6.45) is 4.81. The van der Waals surface area contributed by atoms with Crippen LogP contribution in [-0.4, -0.2) is 33.5 Å². The smallest absolute Gasteiger partial charge is 0.241 e. The van der Waals surface area contributed by atoms with E-state index in [2.05, 4.69) is 15.2 Å². The number of piperidine rings is 1. The highest BCUT2D eigenvalue weighted by Crippen LogP contribution is 2.21. The van der Waals surface area contributed by atoms with Crippen molar-refractivity contribution in [3.8, 4) is 5.75 Å². The molecule has 1 unspecified atom stereocenters. The average Bonchev–Trinajstić information content (AvgIpc) is 2.58. The number of aromatic hydroxyl groups is 1. The molecule has 1 aromatic carbocycles. The molecule has 0 bridgehead atoms. The van der Waals surface area contributed by atoms with E-state index in [4.69, 9.17) is 0 Å². The molecule has 0 saturated carbocycles. The summed E-state index contributed by atoms with van der Waals surface area (Å²) in [4.78, 5) is 19.2. The fourth-order valence-corrected chi connectivity index (χ4v) is 2.95. The molecule has 2 aromatic rings. The lowest BCUT2D eigenvalue weighted by Gasteiger charge is -2.34. The molecule has 2 N–H and O–H groups in total. The van der Waals surface area contributed by atoms with Gasteiger partial charge in [-0.15, -0.1) is 0 Å². The number of carbonyl (C=O) groups excluding carboxylic acids is 1. The number of phenols is 1. The Kier molecular flexibility index (Phi) is 4.88. The minimum atomic E-state index is -0.139. The molecule has 1 aromatic heterocycles. The standard InChI is InChI=1S/C18H21N3O2/c22-16-9-7-14(8-10-16)20-18(23)17-6-2-4-12-21(17)13-15-5-1-3-11-19-15/h1,3,5,7-11,17,22H,2,4,6,12-13H2,(H,20,23). The molecule has 0 spiro atoms. The van der Waals surface area contributed by atoms with Crippen LogP contribution in [0.2, 0.25) is 0 Å². The molecule has 0 radical (unpaired) electrons. The van der Waals surface area contributed by atoms with E-state index in [0.29, 0.717) is 12.2 Å². The zero-order valence-corrected chi connectivity index (χ0v) is 13.0. The number of hydrogen-bond acceptors (Lipinski definition) is 4. The minimum Gasteiger partial charge on any atom is -0.508 e. The van der Waals surface area contributed by atoms with Gasteiger partial charge in [0.1, 0.15) is 5.75 Å². The van der Waals surface area contributed by atoms with Gasteiger partial charge in [-0.3, -0.25) is 14.7 Å². The van der Waals surface area contributed by atoms with Gasteiger partial charge in [-0.2, -0.15) is 0 Å².